The van der Waals surface area contributed by atoms with Crippen LogP contribution in [0.15, 0.2) is 18.2 Å². The molecule has 3 nitrogen and oxygen atoms in total. The molecule has 0 bridgehead atoms. The summed E-state index contributed by atoms with van der Waals surface area (Å²) in [6.07, 6.45) is 6.45. The molecule has 1 aromatic carbocycles. The lowest BCUT2D eigenvalue weighted by Gasteiger charge is -2.28. The second-order valence-electron chi connectivity index (χ2n) is 6.16. The summed E-state index contributed by atoms with van der Waals surface area (Å²) >= 11 is 0. The number of rotatable bonds is 7. The summed E-state index contributed by atoms with van der Waals surface area (Å²) in [4.78, 5) is 0. The molecule has 1 fully saturated rings. The van der Waals surface area contributed by atoms with E-state index in [1.807, 2.05) is 12.1 Å². The monoisotopic (exact) mass is 291 g/mol. The topological polar surface area (TPSA) is 30.5 Å². The van der Waals surface area contributed by atoms with Gasteiger partial charge < -0.3 is 14.8 Å². The quantitative estimate of drug-likeness (QED) is 0.765. The normalized spacial score (nSPS) is 22.0. The first kappa shape index (κ1) is 16.2. The van der Waals surface area contributed by atoms with Crippen LogP contribution in [0.2, 0.25) is 0 Å². The first-order valence-corrected chi connectivity index (χ1v) is 8.27. The van der Waals surface area contributed by atoms with E-state index < -0.39 is 0 Å². The fraction of sp³-hybridized carbons (Fsp3) is 0.667. The second-order valence-corrected chi connectivity index (χ2v) is 6.16. The van der Waals surface area contributed by atoms with Gasteiger partial charge in [-0.15, -0.1) is 0 Å². The lowest BCUT2D eigenvalue weighted by molar-refractivity contribution is 0.127. The summed E-state index contributed by atoms with van der Waals surface area (Å²) in [7, 11) is 1.71. The van der Waals surface area contributed by atoms with Crippen LogP contribution in [0, 0.1) is 5.92 Å². The van der Waals surface area contributed by atoms with Crippen molar-refractivity contribution in [1.29, 1.82) is 0 Å². The van der Waals surface area contributed by atoms with Gasteiger partial charge in [-0.3, -0.25) is 0 Å². The third kappa shape index (κ3) is 4.92. The molecule has 0 saturated heterocycles. The molecule has 0 radical (unpaired) electrons. The van der Waals surface area contributed by atoms with E-state index in [4.69, 9.17) is 9.47 Å². The van der Waals surface area contributed by atoms with Crippen molar-refractivity contribution < 1.29 is 9.47 Å². The molecule has 3 heteroatoms. The number of methoxy groups -OCH3 is 1. The van der Waals surface area contributed by atoms with Crippen molar-refractivity contribution >= 4 is 0 Å². The van der Waals surface area contributed by atoms with Crippen molar-refractivity contribution in [3.8, 4) is 11.5 Å². The SMILES string of the molecule is CCCNCc1ccc(OC)cc1OC1CCCC(C)C1. The fourth-order valence-corrected chi connectivity index (χ4v) is 2.98. The van der Waals surface area contributed by atoms with Crippen LogP contribution in [0.5, 0.6) is 11.5 Å². The number of hydrogen-bond acceptors (Lipinski definition) is 3. The smallest absolute Gasteiger partial charge is 0.127 e. The second kappa shape index (κ2) is 8.28. The van der Waals surface area contributed by atoms with Gasteiger partial charge in [0.25, 0.3) is 0 Å². The molecule has 2 unspecified atom stereocenters. The van der Waals surface area contributed by atoms with E-state index in [1.54, 1.807) is 7.11 Å². The van der Waals surface area contributed by atoms with E-state index in [0.29, 0.717) is 6.10 Å². The van der Waals surface area contributed by atoms with Gasteiger partial charge >= 0.3 is 0 Å². The first-order valence-electron chi connectivity index (χ1n) is 8.27. The molecule has 2 rings (SSSR count). The predicted molar refractivity (Wildman–Crippen MR) is 87.0 cm³/mol. The first-order chi connectivity index (χ1) is 10.2. The van der Waals surface area contributed by atoms with Crippen LogP contribution in [-0.4, -0.2) is 19.8 Å². The molecule has 1 N–H and O–H groups in total. The van der Waals surface area contributed by atoms with Gasteiger partial charge in [-0.25, -0.2) is 0 Å². The fourth-order valence-electron chi connectivity index (χ4n) is 2.98. The molecule has 0 aliphatic heterocycles. The molecule has 1 aliphatic carbocycles. The van der Waals surface area contributed by atoms with Crippen LogP contribution >= 0.6 is 0 Å². The Labute approximate surface area is 129 Å². The predicted octanol–water partition coefficient (Wildman–Crippen LogP) is 4.15. The molecule has 118 valence electrons. The Bertz CT molecular complexity index is 433. The zero-order valence-corrected chi connectivity index (χ0v) is 13.7. The van der Waals surface area contributed by atoms with Crippen LogP contribution in [0.1, 0.15) is 51.5 Å². The Balaban J connectivity index is 2.06. The molecule has 0 amide bonds. The molecular weight excluding hydrogens is 262 g/mol. The molecule has 1 saturated carbocycles. The van der Waals surface area contributed by atoms with E-state index >= 15 is 0 Å². The molecule has 1 aromatic rings. The lowest BCUT2D eigenvalue weighted by Crippen LogP contribution is -2.25. The van der Waals surface area contributed by atoms with Crippen molar-refractivity contribution in [3.05, 3.63) is 23.8 Å². The Kier molecular flexibility index (Phi) is 6.37. The highest BCUT2D eigenvalue weighted by Crippen LogP contribution is 2.31. The van der Waals surface area contributed by atoms with Gasteiger partial charge in [0.2, 0.25) is 0 Å². The average molecular weight is 291 g/mol. The van der Waals surface area contributed by atoms with E-state index in [1.165, 1.54) is 31.2 Å². The maximum Gasteiger partial charge on any atom is 0.127 e. The largest absolute Gasteiger partial charge is 0.497 e. The molecule has 1 aliphatic rings. The Morgan fingerprint density at radius 3 is 2.86 bits per heavy atom. The maximum absolute atomic E-state index is 6.31. The maximum atomic E-state index is 6.31. The summed E-state index contributed by atoms with van der Waals surface area (Å²) in [5.41, 5.74) is 1.22. The van der Waals surface area contributed by atoms with Crippen molar-refractivity contribution in [2.75, 3.05) is 13.7 Å². The van der Waals surface area contributed by atoms with Crippen LogP contribution in [-0.2, 0) is 6.54 Å². The summed E-state index contributed by atoms with van der Waals surface area (Å²) in [5.74, 6) is 2.63. The van der Waals surface area contributed by atoms with E-state index in [9.17, 15) is 0 Å². The van der Waals surface area contributed by atoms with Gasteiger partial charge in [-0.1, -0.05) is 26.3 Å². The van der Waals surface area contributed by atoms with Gasteiger partial charge in [0.15, 0.2) is 0 Å². The zero-order valence-electron chi connectivity index (χ0n) is 13.7. The van der Waals surface area contributed by atoms with E-state index in [-0.39, 0.29) is 0 Å². The van der Waals surface area contributed by atoms with Crippen LogP contribution < -0.4 is 14.8 Å². The van der Waals surface area contributed by atoms with Crippen molar-refractivity contribution in [2.45, 2.75) is 58.6 Å². The molecule has 0 aromatic heterocycles. The summed E-state index contributed by atoms with van der Waals surface area (Å²) in [6, 6.07) is 6.16. The molecule has 21 heavy (non-hydrogen) atoms. The zero-order chi connectivity index (χ0) is 15.1. The van der Waals surface area contributed by atoms with Gasteiger partial charge in [0.1, 0.15) is 11.5 Å². The highest BCUT2D eigenvalue weighted by Gasteiger charge is 2.21. The third-order valence-corrected chi connectivity index (χ3v) is 4.20. The Hall–Kier alpha value is -1.22. The highest BCUT2D eigenvalue weighted by atomic mass is 16.5. The number of hydrogen-bond donors (Lipinski definition) is 1. The van der Waals surface area contributed by atoms with Crippen molar-refractivity contribution in [1.82, 2.24) is 5.32 Å². The van der Waals surface area contributed by atoms with E-state index in [2.05, 4.69) is 25.2 Å². The summed E-state index contributed by atoms with van der Waals surface area (Å²) < 4.78 is 11.7. The molecule has 2 atom stereocenters. The van der Waals surface area contributed by atoms with Gasteiger partial charge in [-0.05, 0) is 44.2 Å². The lowest BCUT2D eigenvalue weighted by atomic mass is 9.88. The third-order valence-electron chi connectivity index (χ3n) is 4.20. The standard InChI is InChI=1S/C18H29NO2/c1-4-10-19-13-15-8-9-16(20-3)12-18(15)21-17-7-5-6-14(2)11-17/h8-9,12,14,17,19H,4-7,10-11,13H2,1-3H3. The number of benzene rings is 1. The van der Waals surface area contributed by atoms with Crippen molar-refractivity contribution in [3.63, 3.8) is 0 Å². The molecular formula is C18H29NO2. The number of ether oxygens (including phenoxy) is 2. The van der Waals surface area contributed by atoms with Gasteiger partial charge in [0.05, 0.1) is 13.2 Å². The minimum absolute atomic E-state index is 0.353. The molecule has 0 heterocycles. The number of nitrogens with one attached hydrogen (secondary N) is 1. The Morgan fingerprint density at radius 2 is 2.14 bits per heavy atom. The highest BCUT2D eigenvalue weighted by molar-refractivity contribution is 5.41. The summed E-state index contributed by atoms with van der Waals surface area (Å²) in [6.45, 7) is 6.40. The average Bonchev–Trinajstić information content (AvgIpc) is 2.49. The Morgan fingerprint density at radius 1 is 1.29 bits per heavy atom. The van der Waals surface area contributed by atoms with Gasteiger partial charge in [0, 0.05) is 18.2 Å². The van der Waals surface area contributed by atoms with Crippen LogP contribution in [0.4, 0.5) is 0 Å². The molecule has 0 spiro atoms. The van der Waals surface area contributed by atoms with Gasteiger partial charge in [-0.2, -0.15) is 0 Å². The minimum atomic E-state index is 0.353. The van der Waals surface area contributed by atoms with Crippen molar-refractivity contribution in [2.24, 2.45) is 5.92 Å². The minimum Gasteiger partial charge on any atom is -0.497 e. The van der Waals surface area contributed by atoms with Crippen LogP contribution in [0.3, 0.4) is 0 Å². The van der Waals surface area contributed by atoms with Crippen LogP contribution in [0.25, 0.3) is 0 Å². The summed E-state index contributed by atoms with van der Waals surface area (Å²) in [5, 5.41) is 3.45. The van der Waals surface area contributed by atoms with E-state index in [0.717, 1.165) is 36.9 Å².